The van der Waals surface area contributed by atoms with E-state index in [0.29, 0.717) is 22.9 Å². The summed E-state index contributed by atoms with van der Waals surface area (Å²) < 4.78 is 0. The van der Waals surface area contributed by atoms with Gasteiger partial charge in [0.15, 0.2) is 0 Å². The van der Waals surface area contributed by atoms with E-state index in [-0.39, 0.29) is 17.0 Å². The number of para-hydroxylation sites is 1. The second kappa shape index (κ2) is 7.31. The standard InChI is InChI=1S/C18H11N3O5S/c19-9-12-4-1-2-5-13(12)10-20-17(23)15(27-18(20)24)8-11-6-3-7-14(16(11)22)21(25)26/h1-8,22H,10H2/p-1/b15-8+. The molecule has 1 fully saturated rings. The van der Waals surface area contributed by atoms with Crippen LogP contribution in [-0.2, 0) is 11.3 Å². The maximum atomic E-state index is 12.6. The fourth-order valence-electron chi connectivity index (χ4n) is 2.51. The number of hydrogen-bond acceptors (Lipinski definition) is 7. The monoisotopic (exact) mass is 380 g/mol. The Morgan fingerprint density at radius 1 is 1.19 bits per heavy atom. The number of carbonyl (C=O) groups is 2. The first-order valence-corrected chi connectivity index (χ1v) is 8.42. The number of nitro groups is 1. The summed E-state index contributed by atoms with van der Waals surface area (Å²) in [5.74, 6) is -1.45. The molecule has 0 unspecified atom stereocenters. The molecule has 0 N–H and O–H groups in total. The maximum absolute atomic E-state index is 12.6. The van der Waals surface area contributed by atoms with Crippen molar-refractivity contribution in [1.82, 2.24) is 4.90 Å². The molecule has 2 aromatic carbocycles. The highest BCUT2D eigenvalue weighted by atomic mass is 32.2. The Morgan fingerprint density at radius 3 is 2.63 bits per heavy atom. The summed E-state index contributed by atoms with van der Waals surface area (Å²) in [5.41, 5.74) is 0.211. The lowest BCUT2D eigenvalue weighted by Crippen LogP contribution is -2.27. The lowest BCUT2D eigenvalue weighted by molar-refractivity contribution is -0.398. The molecule has 0 radical (unpaired) electrons. The van der Waals surface area contributed by atoms with Gasteiger partial charge in [-0.2, -0.15) is 5.26 Å². The third kappa shape index (κ3) is 3.51. The van der Waals surface area contributed by atoms with Crippen molar-refractivity contribution in [3.8, 4) is 11.8 Å². The zero-order chi connectivity index (χ0) is 19.6. The zero-order valence-corrected chi connectivity index (χ0v) is 14.4. The smallest absolute Gasteiger partial charge is 0.293 e. The van der Waals surface area contributed by atoms with Crippen molar-refractivity contribution in [3.05, 3.63) is 74.2 Å². The molecule has 0 saturated carbocycles. The summed E-state index contributed by atoms with van der Waals surface area (Å²) in [7, 11) is 0. The fourth-order valence-corrected chi connectivity index (χ4v) is 3.34. The maximum Gasteiger partial charge on any atom is 0.293 e. The second-order valence-corrected chi connectivity index (χ2v) is 6.48. The van der Waals surface area contributed by atoms with Crippen LogP contribution in [0.3, 0.4) is 0 Å². The van der Waals surface area contributed by atoms with Gasteiger partial charge in [-0.25, -0.2) is 0 Å². The van der Waals surface area contributed by atoms with E-state index >= 15 is 0 Å². The summed E-state index contributed by atoms with van der Waals surface area (Å²) in [6.07, 6.45) is 1.18. The molecule has 0 aliphatic carbocycles. The zero-order valence-electron chi connectivity index (χ0n) is 13.6. The van der Waals surface area contributed by atoms with E-state index < -0.39 is 27.5 Å². The minimum absolute atomic E-state index is 0.00737. The van der Waals surface area contributed by atoms with Crippen molar-refractivity contribution in [2.75, 3.05) is 0 Å². The molecule has 1 aliphatic rings. The van der Waals surface area contributed by atoms with Gasteiger partial charge in [0.05, 0.1) is 28.0 Å². The number of amides is 2. The molecule has 1 heterocycles. The van der Waals surface area contributed by atoms with E-state index in [1.54, 1.807) is 24.3 Å². The predicted octanol–water partition coefficient (Wildman–Crippen LogP) is 2.78. The van der Waals surface area contributed by atoms with Crippen molar-refractivity contribution in [2.24, 2.45) is 0 Å². The molecular formula is C18H10N3O5S-. The molecule has 0 aromatic heterocycles. The number of nitrogens with zero attached hydrogens (tertiary/aromatic N) is 3. The number of carbonyl (C=O) groups excluding carboxylic acids is 2. The predicted molar refractivity (Wildman–Crippen MR) is 95.2 cm³/mol. The Hall–Kier alpha value is -3.64. The highest BCUT2D eigenvalue weighted by molar-refractivity contribution is 8.18. The molecule has 1 aliphatic heterocycles. The minimum Gasteiger partial charge on any atom is -0.867 e. The van der Waals surface area contributed by atoms with Crippen LogP contribution in [0.5, 0.6) is 5.75 Å². The number of benzene rings is 2. The van der Waals surface area contributed by atoms with E-state index in [1.165, 1.54) is 18.2 Å². The van der Waals surface area contributed by atoms with Crippen molar-refractivity contribution >= 4 is 34.7 Å². The highest BCUT2D eigenvalue weighted by Crippen LogP contribution is 2.36. The molecule has 0 atom stereocenters. The summed E-state index contributed by atoms with van der Waals surface area (Å²) >= 11 is 0.639. The molecule has 27 heavy (non-hydrogen) atoms. The van der Waals surface area contributed by atoms with Crippen molar-refractivity contribution in [2.45, 2.75) is 6.54 Å². The van der Waals surface area contributed by atoms with E-state index in [0.717, 1.165) is 11.0 Å². The lowest BCUT2D eigenvalue weighted by Gasteiger charge is -2.13. The van der Waals surface area contributed by atoms with Crippen LogP contribution in [0.4, 0.5) is 10.5 Å². The van der Waals surface area contributed by atoms with Gasteiger partial charge >= 0.3 is 0 Å². The summed E-state index contributed by atoms with van der Waals surface area (Å²) in [5, 5.41) is 31.6. The van der Waals surface area contributed by atoms with Crippen LogP contribution in [0, 0.1) is 21.4 Å². The average molecular weight is 380 g/mol. The van der Waals surface area contributed by atoms with Crippen LogP contribution >= 0.6 is 11.8 Å². The van der Waals surface area contributed by atoms with Crippen LogP contribution in [0.25, 0.3) is 6.08 Å². The summed E-state index contributed by atoms with van der Waals surface area (Å²) in [6, 6.07) is 12.3. The van der Waals surface area contributed by atoms with Crippen LogP contribution in [-0.4, -0.2) is 21.0 Å². The molecule has 1 saturated heterocycles. The lowest BCUT2D eigenvalue weighted by atomic mass is 10.1. The third-order valence-electron chi connectivity index (χ3n) is 3.85. The van der Waals surface area contributed by atoms with Gasteiger partial charge in [0.1, 0.15) is 0 Å². The SMILES string of the molecule is N#Cc1ccccc1CN1C(=O)S/C(=C/c2cccc([N+](=O)[O-])c2[O-])C1=O. The number of nitriles is 1. The Labute approximate surface area is 157 Å². The van der Waals surface area contributed by atoms with E-state index in [1.807, 2.05) is 6.07 Å². The Balaban J connectivity index is 1.91. The Kier molecular flexibility index (Phi) is 4.92. The molecule has 0 bridgehead atoms. The van der Waals surface area contributed by atoms with Gasteiger partial charge in [-0.05, 0) is 40.8 Å². The van der Waals surface area contributed by atoms with Gasteiger partial charge in [0.25, 0.3) is 16.8 Å². The topological polar surface area (TPSA) is 127 Å². The van der Waals surface area contributed by atoms with Gasteiger partial charge < -0.3 is 5.11 Å². The average Bonchev–Trinajstić information content (AvgIpc) is 2.91. The second-order valence-electron chi connectivity index (χ2n) is 5.49. The van der Waals surface area contributed by atoms with Gasteiger partial charge in [0.2, 0.25) is 0 Å². The van der Waals surface area contributed by atoms with Gasteiger partial charge in [0, 0.05) is 6.07 Å². The molecular weight excluding hydrogens is 370 g/mol. The van der Waals surface area contributed by atoms with E-state index in [9.17, 15) is 24.8 Å². The van der Waals surface area contributed by atoms with Crippen LogP contribution in [0.15, 0.2) is 47.4 Å². The molecule has 9 heteroatoms. The minimum atomic E-state index is -0.830. The quantitative estimate of drug-likeness (QED) is 0.453. The first-order chi connectivity index (χ1) is 12.9. The molecule has 0 spiro atoms. The van der Waals surface area contributed by atoms with Gasteiger partial charge in [-0.1, -0.05) is 30.3 Å². The van der Waals surface area contributed by atoms with Crippen LogP contribution in [0.1, 0.15) is 16.7 Å². The van der Waals surface area contributed by atoms with Crippen molar-refractivity contribution in [1.29, 1.82) is 5.26 Å². The molecule has 2 aromatic rings. The molecule has 3 rings (SSSR count). The van der Waals surface area contributed by atoms with Crippen LogP contribution in [0.2, 0.25) is 0 Å². The number of imide groups is 1. The number of hydrogen-bond donors (Lipinski definition) is 0. The third-order valence-corrected chi connectivity index (χ3v) is 4.76. The molecule has 8 nitrogen and oxygen atoms in total. The molecule has 134 valence electrons. The summed E-state index contributed by atoms with van der Waals surface area (Å²) in [4.78, 5) is 35.8. The number of thioether (sulfide) groups is 1. The van der Waals surface area contributed by atoms with Crippen molar-refractivity contribution in [3.63, 3.8) is 0 Å². The number of rotatable bonds is 4. The van der Waals surface area contributed by atoms with E-state index in [4.69, 9.17) is 5.26 Å². The largest absolute Gasteiger partial charge is 0.867 e. The highest BCUT2D eigenvalue weighted by Gasteiger charge is 2.35. The fraction of sp³-hybridized carbons (Fsp3) is 0.0556. The van der Waals surface area contributed by atoms with Crippen molar-refractivity contribution < 1.29 is 19.6 Å². The van der Waals surface area contributed by atoms with Gasteiger partial charge in [-0.3, -0.25) is 24.6 Å². The Bertz CT molecular complexity index is 1040. The Morgan fingerprint density at radius 2 is 1.93 bits per heavy atom. The van der Waals surface area contributed by atoms with Gasteiger partial charge in [-0.15, -0.1) is 0 Å². The summed E-state index contributed by atoms with van der Waals surface area (Å²) in [6.45, 7) is -0.0785. The first-order valence-electron chi connectivity index (χ1n) is 7.60. The van der Waals surface area contributed by atoms with E-state index in [2.05, 4.69) is 0 Å². The van der Waals surface area contributed by atoms with Crippen LogP contribution < -0.4 is 5.11 Å². The number of nitro benzene ring substituents is 1. The molecule has 2 amide bonds. The first kappa shape index (κ1) is 18.2. The normalized spacial score (nSPS) is 15.2.